The highest BCUT2D eigenvalue weighted by Crippen LogP contribution is 2.31. The molecule has 17 heavy (non-hydrogen) atoms. The summed E-state index contributed by atoms with van der Waals surface area (Å²) in [5, 5.41) is 8.10. The molecule has 1 aromatic carbocycles. The van der Waals surface area contributed by atoms with Gasteiger partial charge in [0.05, 0.1) is 10.7 Å². The molecule has 1 aromatic heterocycles. The van der Waals surface area contributed by atoms with Crippen molar-refractivity contribution in [1.29, 1.82) is 0 Å². The third kappa shape index (κ3) is 2.72. The predicted molar refractivity (Wildman–Crippen MR) is 75.4 cm³/mol. The van der Waals surface area contributed by atoms with Gasteiger partial charge in [-0.05, 0) is 24.3 Å². The first-order valence-corrected chi connectivity index (χ1v) is 6.56. The van der Waals surface area contributed by atoms with Crippen LogP contribution in [0.1, 0.15) is 26.5 Å². The van der Waals surface area contributed by atoms with Crippen molar-refractivity contribution in [2.45, 2.75) is 26.2 Å². The Balaban J connectivity index is 2.47. The lowest BCUT2D eigenvalue weighted by atomic mass is 9.92. The van der Waals surface area contributed by atoms with Gasteiger partial charge in [-0.3, -0.25) is 5.10 Å². The molecule has 2 nitrogen and oxygen atoms in total. The van der Waals surface area contributed by atoms with E-state index in [1.807, 2.05) is 24.3 Å². The van der Waals surface area contributed by atoms with Gasteiger partial charge in [0.25, 0.3) is 0 Å². The van der Waals surface area contributed by atoms with Gasteiger partial charge in [0.2, 0.25) is 0 Å². The standard InChI is InChI=1S/C13H14BrClN2/c1-13(2,3)12-7-11(16-17-12)9-6-8(14)4-5-10(9)15/h4-7H,1-3H3,(H,16,17). The normalized spacial score (nSPS) is 11.8. The number of hydrogen-bond acceptors (Lipinski definition) is 1. The molecular weight excluding hydrogens is 300 g/mol. The smallest absolute Gasteiger partial charge is 0.0939 e. The minimum atomic E-state index is 0.0593. The van der Waals surface area contributed by atoms with Crippen molar-refractivity contribution < 1.29 is 0 Å². The van der Waals surface area contributed by atoms with Crippen LogP contribution >= 0.6 is 27.5 Å². The minimum Gasteiger partial charge on any atom is -0.281 e. The number of rotatable bonds is 1. The lowest BCUT2D eigenvalue weighted by Gasteiger charge is -2.14. The summed E-state index contributed by atoms with van der Waals surface area (Å²) in [5.41, 5.74) is 2.97. The fraction of sp³-hybridized carbons (Fsp3) is 0.308. The van der Waals surface area contributed by atoms with E-state index in [0.29, 0.717) is 5.02 Å². The predicted octanol–water partition coefficient (Wildman–Crippen LogP) is 4.79. The van der Waals surface area contributed by atoms with Gasteiger partial charge < -0.3 is 0 Å². The summed E-state index contributed by atoms with van der Waals surface area (Å²) in [6, 6.07) is 7.81. The molecule has 0 aliphatic heterocycles. The van der Waals surface area contributed by atoms with Crippen LogP contribution in [-0.4, -0.2) is 10.2 Å². The molecule has 1 N–H and O–H groups in total. The fourth-order valence-corrected chi connectivity index (χ4v) is 2.11. The summed E-state index contributed by atoms with van der Waals surface area (Å²) in [7, 11) is 0. The van der Waals surface area contributed by atoms with E-state index in [0.717, 1.165) is 21.4 Å². The number of aromatic amines is 1. The van der Waals surface area contributed by atoms with Crippen LogP contribution in [0.25, 0.3) is 11.3 Å². The van der Waals surface area contributed by atoms with Crippen molar-refractivity contribution in [3.8, 4) is 11.3 Å². The first-order chi connectivity index (χ1) is 7.88. The van der Waals surface area contributed by atoms with Gasteiger partial charge in [-0.1, -0.05) is 48.3 Å². The molecule has 0 aliphatic carbocycles. The zero-order chi connectivity index (χ0) is 12.6. The van der Waals surface area contributed by atoms with E-state index in [9.17, 15) is 0 Å². The quantitative estimate of drug-likeness (QED) is 0.805. The number of benzene rings is 1. The van der Waals surface area contributed by atoms with Crippen LogP contribution in [0, 0.1) is 0 Å². The Labute approximate surface area is 115 Å². The summed E-state index contributed by atoms with van der Waals surface area (Å²) < 4.78 is 0.997. The number of hydrogen-bond donors (Lipinski definition) is 1. The number of nitrogens with zero attached hydrogens (tertiary/aromatic N) is 1. The Morgan fingerprint density at radius 3 is 2.53 bits per heavy atom. The third-order valence-corrected chi connectivity index (χ3v) is 3.41. The lowest BCUT2D eigenvalue weighted by molar-refractivity contribution is 0.567. The Bertz CT molecular complexity index is 541. The maximum Gasteiger partial charge on any atom is 0.0939 e. The van der Waals surface area contributed by atoms with Crippen molar-refractivity contribution in [2.24, 2.45) is 0 Å². The lowest BCUT2D eigenvalue weighted by Crippen LogP contribution is -2.11. The van der Waals surface area contributed by atoms with Crippen molar-refractivity contribution in [2.75, 3.05) is 0 Å². The molecule has 1 heterocycles. The van der Waals surface area contributed by atoms with Crippen molar-refractivity contribution in [3.05, 3.63) is 39.5 Å². The van der Waals surface area contributed by atoms with Gasteiger partial charge in [-0.2, -0.15) is 5.10 Å². The Hall–Kier alpha value is -0.800. The van der Waals surface area contributed by atoms with E-state index in [1.54, 1.807) is 0 Å². The second-order valence-corrected chi connectivity index (χ2v) is 6.36. The minimum absolute atomic E-state index is 0.0593. The molecule has 0 spiro atoms. The molecule has 2 rings (SSSR count). The molecule has 0 atom stereocenters. The van der Waals surface area contributed by atoms with Gasteiger partial charge >= 0.3 is 0 Å². The summed E-state index contributed by atoms with van der Waals surface area (Å²) in [5.74, 6) is 0. The maximum absolute atomic E-state index is 6.18. The third-order valence-electron chi connectivity index (χ3n) is 2.59. The van der Waals surface area contributed by atoms with E-state index in [4.69, 9.17) is 11.6 Å². The van der Waals surface area contributed by atoms with E-state index in [2.05, 4.69) is 46.9 Å². The zero-order valence-corrected chi connectivity index (χ0v) is 12.4. The average Bonchev–Trinajstić information content (AvgIpc) is 2.70. The molecule has 0 radical (unpaired) electrons. The summed E-state index contributed by atoms with van der Waals surface area (Å²) in [6.45, 7) is 6.44. The maximum atomic E-state index is 6.18. The topological polar surface area (TPSA) is 28.7 Å². The van der Waals surface area contributed by atoms with E-state index < -0.39 is 0 Å². The highest BCUT2D eigenvalue weighted by atomic mass is 79.9. The van der Waals surface area contributed by atoms with Crippen LogP contribution in [-0.2, 0) is 5.41 Å². The Kier molecular flexibility index (Phi) is 3.32. The van der Waals surface area contributed by atoms with Gasteiger partial charge in [-0.15, -0.1) is 0 Å². The molecule has 0 amide bonds. The second-order valence-electron chi connectivity index (χ2n) is 5.04. The molecule has 0 fully saturated rings. The number of nitrogens with one attached hydrogen (secondary N) is 1. The van der Waals surface area contributed by atoms with Crippen LogP contribution in [0.3, 0.4) is 0 Å². The summed E-state index contributed by atoms with van der Waals surface area (Å²) in [6.07, 6.45) is 0. The molecule has 4 heteroatoms. The van der Waals surface area contributed by atoms with Crippen molar-refractivity contribution in [3.63, 3.8) is 0 Å². The van der Waals surface area contributed by atoms with Crippen LogP contribution < -0.4 is 0 Å². The van der Waals surface area contributed by atoms with Crippen LogP contribution in [0.5, 0.6) is 0 Å². The second kappa shape index (κ2) is 4.46. The van der Waals surface area contributed by atoms with E-state index >= 15 is 0 Å². The summed E-state index contributed by atoms with van der Waals surface area (Å²) in [4.78, 5) is 0. The monoisotopic (exact) mass is 312 g/mol. The highest BCUT2D eigenvalue weighted by Gasteiger charge is 2.18. The van der Waals surface area contributed by atoms with E-state index in [1.165, 1.54) is 0 Å². The first-order valence-electron chi connectivity index (χ1n) is 5.39. The van der Waals surface area contributed by atoms with Crippen molar-refractivity contribution >= 4 is 27.5 Å². The van der Waals surface area contributed by atoms with Gasteiger partial charge in [0.1, 0.15) is 0 Å². The molecule has 0 saturated carbocycles. The molecule has 90 valence electrons. The molecule has 0 unspecified atom stereocenters. The summed E-state index contributed by atoms with van der Waals surface area (Å²) >= 11 is 9.62. The highest BCUT2D eigenvalue weighted by molar-refractivity contribution is 9.10. The van der Waals surface area contributed by atoms with Gasteiger partial charge in [-0.25, -0.2) is 0 Å². The molecule has 0 bridgehead atoms. The number of H-pyrrole nitrogens is 1. The molecular formula is C13H14BrClN2. The number of halogens is 2. The molecule has 2 aromatic rings. The zero-order valence-electron chi connectivity index (χ0n) is 10.0. The average molecular weight is 314 g/mol. The molecule has 0 aliphatic rings. The Morgan fingerprint density at radius 2 is 1.94 bits per heavy atom. The molecule has 0 saturated heterocycles. The van der Waals surface area contributed by atoms with Crippen molar-refractivity contribution in [1.82, 2.24) is 10.2 Å². The fourth-order valence-electron chi connectivity index (χ4n) is 1.54. The van der Waals surface area contributed by atoms with Crippen LogP contribution in [0.2, 0.25) is 5.02 Å². The number of aromatic nitrogens is 2. The van der Waals surface area contributed by atoms with Crippen LogP contribution in [0.15, 0.2) is 28.7 Å². The van der Waals surface area contributed by atoms with Crippen LogP contribution in [0.4, 0.5) is 0 Å². The SMILES string of the molecule is CC(C)(C)c1cc(-c2cc(Br)ccc2Cl)n[nH]1. The van der Waals surface area contributed by atoms with Gasteiger partial charge in [0, 0.05) is 21.1 Å². The largest absolute Gasteiger partial charge is 0.281 e. The van der Waals surface area contributed by atoms with Gasteiger partial charge in [0.15, 0.2) is 0 Å². The first kappa shape index (κ1) is 12.7. The Morgan fingerprint density at radius 1 is 1.24 bits per heavy atom. The van der Waals surface area contributed by atoms with E-state index in [-0.39, 0.29) is 5.41 Å².